The number of urea groups is 1. The summed E-state index contributed by atoms with van der Waals surface area (Å²) < 4.78 is 0. The first-order valence-electron chi connectivity index (χ1n) is 9.37. The van der Waals surface area contributed by atoms with E-state index in [9.17, 15) is 34.3 Å². The molecule has 0 unspecified atom stereocenters. The highest BCUT2D eigenvalue weighted by atomic mass is 16.5. The van der Waals surface area contributed by atoms with Crippen LogP contribution in [-0.2, 0) is 14.4 Å². The maximum absolute atomic E-state index is 13.0. The van der Waals surface area contributed by atoms with Crippen LogP contribution in [0.5, 0.6) is 0 Å². The molecule has 0 radical (unpaired) electrons. The van der Waals surface area contributed by atoms with Gasteiger partial charge in [0.1, 0.15) is 11.6 Å². The Kier molecular flexibility index (Phi) is 4.93. The molecule has 12 nitrogen and oxygen atoms in total. The Bertz CT molecular complexity index is 779. The van der Waals surface area contributed by atoms with Gasteiger partial charge in [0.2, 0.25) is 5.91 Å². The van der Waals surface area contributed by atoms with Gasteiger partial charge in [0.15, 0.2) is 0 Å². The van der Waals surface area contributed by atoms with Gasteiger partial charge in [0, 0.05) is 13.0 Å². The van der Waals surface area contributed by atoms with Gasteiger partial charge in [-0.2, -0.15) is 0 Å². The molecule has 160 valence electrons. The van der Waals surface area contributed by atoms with Gasteiger partial charge in [-0.25, -0.2) is 19.6 Å². The van der Waals surface area contributed by atoms with E-state index >= 15 is 0 Å². The summed E-state index contributed by atoms with van der Waals surface area (Å²) in [5.74, 6) is -2.16. The maximum Gasteiger partial charge on any atom is 0.415 e. The molecule has 0 saturated carbocycles. The molecule has 3 atom stereocenters. The molecule has 3 aliphatic heterocycles. The van der Waals surface area contributed by atoms with E-state index in [0.717, 1.165) is 0 Å². The van der Waals surface area contributed by atoms with Crippen molar-refractivity contribution in [2.45, 2.75) is 64.1 Å². The fourth-order valence-electron chi connectivity index (χ4n) is 4.49. The first-order valence-corrected chi connectivity index (χ1v) is 9.37. The summed E-state index contributed by atoms with van der Waals surface area (Å²) in [7, 11) is 0. The van der Waals surface area contributed by atoms with Crippen LogP contribution in [0.15, 0.2) is 0 Å². The van der Waals surface area contributed by atoms with Gasteiger partial charge in [0.05, 0.1) is 6.04 Å². The minimum absolute atomic E-state index is 0.0153. The third-order valence-corrected chi connectivity index (χ3v) is 6.09. The average molecular weight is 411 g/mol. The van der Waals surface area contributed by atoms with Crippen molar-refractivity contribution in [2.75, 3.05) is 6.54 Å². The van der Waals surface area contributed by atoms with E-state index in [0.29, 0.717) is 22.8 Å². The molecule has 3 rings (SSSR count). The van der Waals surface area contributed by atoms with Crippen LogP contribution < -0.4 is 10.9 Å². The van der Waals surface area contributed by atoms with Crippen LogP contribution in [0.25, 0.3) is 0 Å². The molecule has 3 fully saturated rings. The molecule has 3 aliphatic rings. The molecule has 0 spiro atoms. The molecule has 0 aliphatic carbocycles. The number of rotatable bonds is 2. The van der Waals surface area contributed by atoms with Crippen LogP contribution in [0.2, 0.25) is 0 Å². The molecule has 2 bridgehead atoms. The van der Waals surface area contributed by atoms with Gasteiger partial charge < -0.3 is 10.0 Å². The lowest BCUT2D eigenvalue weighted by molar-refractivity contribution is -0.147. The van der Waals surface area contributed by atoms with Crippen LogP contribution in [0.1, 0.15) is 46.5 Å². The van der Waals surface area contributed by atoms with E-state index in [-0.39, 0.29) is 25.4 Å². The number of carboxylic acid groups (broad SMARTS) is 1. The van der Waals surface area contributed by atoms with E-state index in [4.69, 9.17) is 0 Å². The van der Waals surface area contributed by atoms with Crippen molar-refractivity contribution in [3.8, 4) is 0 Å². The molecule has 0 aromatic carbocycles. The number of carbonyl (C=O) groups is 5. The second-order valence-electron chi connectivity index (χ2n) is 8.59. The van der Waals surface area contributed by atoms with Crippen LogP contribution in [0.3, 0.4) is 0 Å². The maximum atomic E-state index is 13.0. The smallest absolute Gasteiger partial charge is 0.415 e. The Morgan fingerprint density at radius 1 is 1.14 bits per heavy atom. The van der Waals surface area contributed by atoms with Crippen molar-refractivity contribution in [1.82, 2.24) is 25.7 Å². The fraction of sp³-hybridized carbons (Fsp3) is 0.706. The lowest BCUT2D eigenvalue weighted by Crippen LogP contribution is -2.67. The van der Waals surface area contributed by atoms with E-state index in [1.54, 1.807) is 20.8 Å². The number of nitrogens with one attached hydrogen (secondary N) is 2. The standard InChI is InChI=1S/C17H25N5O7/c1-16(2,3)17(7-6-11(23)21(17)15(27)28)13(25)19-18-12(24)10-5-4-9-8-20(10)14(26)22(9)29/h9-10,29H,4-8H2,1-3H3,(H,18,24)(H,19,25)(H,27,28)/t9-,10+,17-/m1/s1. The zero-order valence-corrected chi connectivity index (χ0v) is 16.5. The Morgan fingerprint density at radius 2 is 1.79 bits per heavy atom. The van der Waals surface area contributed by atoms with Gasteiger partial charge >= 0.3 is 12.1 Å². The van der Waals surface area contributed by atoms with Crippen molar-refractivity contribution in [2.24, 2.45) is 5.41 Å². The lowest BCUT2D eigenvalue weighted by atomic mass is 9.71. The summed E-state index contributed by atoms with van der Waals surface area (Å²) in [6.45, 7) is 5.13. The number of hydrogen-bond acceptors (Lipinski definition) is 6. The topological polar surface area (TPSA) is 160 Å². The highest BCUT2D eigenvalue weighted by Crippen LogP contribution is 2.44. The van der Waals surface area contributed by atoms with E-state index in [1.165, 1.54) is 4.90 Å². The number of amides is 6. The molecule has 3 heterocycles. The molecule has 0 aromatic rings. The van der Waals surface area contributed by atoms with Crippen molar-refractivity contribution in [1.29, 1.82) is 0 Å². The number of hydrazine groups is 1. The Labute approximate surface area is 166 Å². The first kappa shape index (κ1) is 20.8. The summed E-state index contributed by atoms with van der Waals surface area (Å²) in [5.41, 5.74) is 1.88. The zero-order chi connectivity index (χ0) is 21.7. The van der Waals surface area contributed by atoms with E-state index in [2.05, 4.69) is 10.9 Å². The average Bonchev–Trinajstić information content (AvgIpc) is 3.11. The number of carbonyl (C=O) groups excluding carboxylic acids is 4. The summed E-state index contributed by atoms with van der Waals surface area (Å²) in [4.78, 5) is 63.2. The van der Waals surface area contributed by atoms with Gasteiger partial charge in [-0.05, 0) is 24.7 Å². The summed E-state index contributed by atoms with van der Waals surface area (Å²) >= 11 is 0. The number of hydroxylamine groups is 2. The predicted molar refractivity (Wildman–Crippen MR) is 95.1 cm³/mol. The van der Waals surface area contributed by atoms with Crippen molar-refractivity contribution < 1.29 is 34.3 Å². The van der Waals surface area contributed by atoms with Gasteiger partial charge in [0.25, 0.3) is 11.8 Å². The minimum Gasteiger partial charge on any atom is -0.465 e. The van der Waals surface area contributed by atoms with Crippen molar-refractivity contribution in [3.05, 3.63) is 0 Å². The molecular formula is C17H25N5O7. The monoisotopic (exact) mass is 411 g/mol. The van der Waals surface area contributed by atoms with Gasteiger partial charge in [-0.15, -0.1) is 0 Å². The molecular weight excluding hydrogens is 386 g/mol. The third-order valence-electron chi connectivity index (χ3n) is 6.09. The Morgan fingerprint density at radius 3 is 2.38 bits per heavy atom. The van der Waals surface area contributed by atoms with E-state index < -0.39 is 46.8 Å². The number of piperidine rings is 1. The highest BCUT2D eigenvalue weighted by Gasteiger charge is 2.61. The second kappa shape index (κ2) is 6.87. The molecule has 4 N–H and O–H groups in total. The third kappa shape index (κ3) is 3.07. The lowest BCUT2D eigenvalue weighted by Gasteiger charge is -2.44. The van der Waals surface area contributed by atoms with Crippen LogP contribution in [-0.4, -0.2) is 79.2 Å². The second-order valence-corrected chi connectivity index (χ2v) is 8.59. The van der Waals surface area contributed by atoms with Gasteiger partial charge in [-0.1, -0.05) is 20.8 Å². The van der Waals surface area contributed by atoms with Crippen molar-refractivity contribution in [3.63, 3.8) is 0 Å². The molecule has 3 saturated heterocycles. The largest absolute Gasteiger partial charge is 0.465 e. The zero-order valence-electron chi connectivity index (χ0n) is 16.5. The van der Waals surface area contributed by atoms with Crippen LogP contribution in [0.4, 0.5) is 9.59 Å². The molecule has 29 heavy (non-hydrogen) atoms. The Hall–Kier alpha value is -2.89. The molecule has 0 aromatic heterocycles. The summed E-state index contributed by atoms with van der Waals surface area (Å²) in [5, 5.41) is 19.8. The number of hydrogen-bond donors (Lipinski definition) is 4. The fourth-order valence-corrected chi connectivity index (χ4v) is 4.49. The van der Waals surface area contributed by atoms with Crippen LogP contribution >= 0.6 is 0 Å². The van der Waals surface area contributed by atoms with Crippen LogP contribution in [0, 0.1) is 5.41 Å². The predicted octanol–water partition coefficient (Wildman–Crippen LogP) is -0.123. The number of imide groups is 1. The number of fused-ring (bicyclic) bond motifs is 2. The number of nitrogens with zero attached hydrogens (tertiary/aromatic N) is 3. The first-order chi connectivity index (χ1) is 13.4. The highest BCUT2D eigenvalue weighted by molar-refractivity contribution is 6.04. The summed E-state index contributed by atoms with van der Waals surface area (Å²) in [6, 6.07) is -1.91. The Balaban J connectivity index is 1.75. The van der Waals surface area contributed by atoms with Gasteiger partial charge in [-0.3, -0.25) is 30.4 Å². The molecule has 12 heteroatoms. The van der Waals surface area contributed by atoms with E-state index in [1.807, 2.05) is 0 Å². The minimum atomic E-state index is -1.69. The SMILES string of the molecule is CC(C)(C)[C@]1(C(=O)NNC(=O)[C@@H]2CC[C@@H]3CN2C(=O)N3O)CCC(=O)N1C(=O)O. The molecule has 6 amide bonds. The number of likely N-dealkylation sites (tertiary alicyclic amines) is 1. The normalized spacial score (nSPS) is 29.3. The summed E-state index contributed by atoms with van der Waals surface area (Å²) in [6.07, 6.45) is -0.924. The quantitative estimate of drug-likeness (QED) is 0.364. The van der Waals surface area contributed by atoms with Crippen molar-refractivity contribution >= 4 is 29.8 Å².